The van der Waals surface area contributed by atoms with E-state index in [1.165, 1.54) is 0 Å². The number of aromatic nitrogens is 2. The van der Waals surface area contributed by atoms with E-state index in [9.17, 15) is 9.59 Å². The molecule has 0 spiro atoms. The van der Waals surface area contributed by atoms with Crippen molar-refractivity contribution in [2.75, 3.05) is 23.7 Å². The normalized spacial score (nSPS) is 17.5. The highest BCUT2D eigenvalue weighted by molar-refractivity contribution is 5.99. The Bertz CT molecular complexity index is 1310. The molecule has 7 nitrogen and oxygen atoms in total. The highest BCUT2D eigenvalue weighted by Gasteiger charge is 2.36. The topological polar surface area (TPSA) is 88.1 Å². The number of aryl methyl sites for hydroxylation is 1. The summed E-state index contributed by atoms with van der Waals surface area (Å²) in [6.45, 7) is 10.3. The molecule has 212 valence electrons. The summed E-state index contributed by atoms with van der Waals surface area (Å²) in [7, 11) is 0. The second-order valence-electron chi connectivity index (χ2n) is 12.6. The van der Waals surface area contributed by atoms with Crippen molar-refractivity contribution in [2.24, 2.45) is 11.8 Å². The predicted octanol–water partition coefficient (Wildman–Crippen LogP) is 6.96. The molecule has 7 heteroatoms. The fourth-order valence-electron chi connectivity index (χ4n) is 6.08. The molecule has 2 fully saturated rings. The van der Waals surface area contributed by atoms with E-state index in [2.05, 4.69) is 36.7 Å². The number of nitrogens with zero attached hydrogens (tertiary/aromatic N) is 2. The number of hydrogen-bond acceptors (Lipinski definition) is 4. The Kier molecular flexibility index (Phi) is 8.40. The molecule has 3 N–H and O–H groups in total. The highest BCUT2D eigenvalue weighted by atomic mass is 16.2. The molecule has 1 atom stereocenters. The molecule has 2 aliphatic rings. The Morgan fingerprint density at radius 2 is 1.57 bits per heavy atom. The number of amides is 2. The van der Waals surface area contributed by atoms with Crippen LogP contribution in [0.3, 0.4) is 0 Å². The van der Waals surface area contributed by atoms with E-state index in [0.717, 1.165) is 74.1 Å². The molecule has 40 heavy (non-hydrogen) atoms. The van der Waals surface area contributed by atoms with Gasteiger partial charge in [-0.3, -0.25) is 10.1 Å². The molecule has 0 bridgehead atoms. The van der Waals surface area contributed by atoms with E-state index in [1.807, 2.05) is 61.5 Å². The Morgan fingerprint density at radius 3 is 2.20 bits per heavy atom. The Labute approximate surface area is 238 Å². The average Bonchev–Trinajstić information content (AvgIpc) is 3.62. The van der Waals surface area contributed by atoms with Crippen LogP contribution in [0.5, 0.6) is 0 Å². The van der Waals surface area contributed by atoms with Gasteiger partial charge in [0.05, 0.1) is 11.4 Å². The van der Waals surface area contributed by atoms with Crippen molar-refractivity contribution < 1.29 is 9.59 Å². The quantitative estimate of drug-likeness (QED) is 0.302. The molecule has 1 unspecified atom stereocenters. The summed E-state index contributed by atoms with van der Waals surface area (Å²) >= 11 is 0. The first-order chi connectivity index (χ1) is 19.2. The summed E-state index contributed by atoms with van der Waals surface area (Å²) in [5, 5.41) is 14.2. The van der Waals surface area contributed by atoms with Crippen molar-refractivity contribution in [1.82, 2.24) is 15.1 Å². The van der Waals surface area contributed by atoms with Gasteiger partial charge in [-0.2, -0.15) is 5.10 Å². The second-order valence-corrected chi connectivity index (χ2v) is 12.6. The summed E-state index contributed by atoms with van der Waals surface area (Å²) in [4.78, 5) is 26.7. The number of hydrogen-bond donors (Lipinski definition) is 3. The Hall–Kier alpha value is -3.45. The molecule has 5 rings (SSSR count). The van der Waals surface area contributed by atoms with Crippen molar-refractivity contribution in [2.45, 2.75) is 77.6 Å². The lowest BCUT2D eigenvalue weighted by Gasteiger charge is -2.32. The first kappa shape index (κ1) is 28.1. The average molecular weight is 542 g/mol. The number of anilines is 2. The van der Waals surface area contributed by atoms with Gasteiger partial charge in [-0.15, -0.1) is 0 Å². The largest absolute Gasteiger partial charge is 0.324 e. The van der Waals surface area contributed by atoms with Crippen LogP contribution in [0.25, 0.3) is 5.69 Å². The van der Waals surface area contributed by atoms with Crippen LogP contribution < -0.4 is 16.0 Å². The summed E-state index contributed by atoms with van der Waals surface area (Å²) in [6, 6.07) is 17.6. The third-order valence-electron chi connectivity index (χ3n) is 8.44. The second kappa shape index (κ2) is 12.0. The van der Waals surface area contributed by atoms with E-state index in [-0.39, 0.29) is 23.3 Å². The first-order valence-electron chi connectivity index (χ1n) is 14.8. The van der Waals surface area contributed by atoms with Crippen LogP contribution in [0.15, 0.2) is 54.6 Å². The Morgan fingerprint density at radius 1 is 0.925 bits per heavy atom. The number of carbonyl (C=O) groups excluding carboxylic acids is 2. The van der Waals surface area contributed by atoms with Gasteiger partial charge in [0.1, 0.15) is 11.6 Å². The summed E-state index contributed by atoms with van der Waals surface area (Å²) < 4.78 is 1.78. The van der Waals surface area contributed by atoms with Crippen molar-refractivity contribution in [3.8, 4) is 5.69 Å². The van der Waals surface area contributed by atoms with E-state index < -0.39 is 0 Å². The minimum atomic E-state index is -0.335. The van der Waals surface area contributed by atoms with Crippen LogP contribution in [-0.2, 0) is 10.2 Å². The highest BCUT2D eigenvalue weighted by Crippen LogP contribution is 2.38. The molecule has 1 aliphatic carbocycles. The fourth-order valence-corrected chi connectivity index (χ4v) is 6.08. The summed E-state index contributed by atoms with van der Waals surface area (Å²) in [5.41, 5.74) is 4.54. The molecule has 2 aromatic carbocycles. The molecule has 0 radical (unpaired) electrons. The summed E-state index contributed by atoms with van der Waals surface area (Å²) in [5.74, 6) is 1.53. The smallest absolute Gasteiger partial charge is 0.317 e. The van der Waals surface area contributed by atoms with Gasteiger partial charge in [0.25, 0.3) is 0 Å². The standard InChI is InChI=1S/C33H43N5O2/c1-22-9-15-27(16-10-22)38-29(21-28(37-38)33(2,3)4)36-32(40)35-26-13-11-23(12-14-26)30(24-17-19-34-20-18-24)31(39)25-7-5-6-8-25/h9-16,21,24-25,30,34H,5-8,17-20H2,1-4H3,(H2,35,36,40). The fraction of sp³-hybridized carbons (Fsp3) is 0.485. The van der Waals surface area contributed by atoms with Crippen molar-refractivity contribution >= 4 is 23.3 Å². The van der Waals surface area contributed by atoms with E-state index in [0.29, 0.717) is 23.2 Å². The molecule has 2 amide bonds. The lowest BCUT2D eigenvalue weighted by Crippen LogP contribution is -2.35. The number of Topliss-reactive ketones (excluding diaryl/α,β-unsaturated/α-hetero) is 1. The molecular weight excluding hydrogens is 498 g/mol. The van der Waals surface area contributed by atoms with Gasteiger partial charge in [-0.1, -0.05) is 63.4 Å². The van der Waals surface area contributed by atoms with Gasteiger partial charge in [0.15, 0.2) is 0 Å². The lowest BCUT2D eigenvalue weighted by atomic mass is 9.74. The molecule has 1 saturated carbocycles. The molecule has 1 saturated heterocycles. The number of benzene rings is 2. The molecule has 1 aliphatic heterocycles. The zero-order valence-corrected chi connectivity index (χ0v) is 24.3. The van der Waals surface area contributed by atoms with Crippen LogP contribution >= 0.6 is 0 Å². The maximum Gasteiger partial charge on any atom is 0.324 e. The number of piperidine rings is 1. The molecule has 3 aromatic rings. The van der Waals surface area contributed by atoms with Crippen LogP contribution in [0, 0.1) is 18.8 Å². The predicted molar refractivity (Wildman–Crippen MR) is 161 cm³/mol. The van der Waals surface area contributed by atoms with Crippen LogP contribution in [0.4, 0.5) is 16.3 Å². The van der Waals surface area contributed by atoms with Gasteiger partial charge in [0, 0.05) is 29.0 Å². The minimum absolute atomic E-state index is 0.0623. The van der Waals surface area contributed by atoms with Gasteiger partial charge in [-0.05, 0) is 81.4 Å². The third-order valence-corrected chi connectivity index (χ3v) is 8.44. The zero-order valence-electron chi connectivity index (χ0n) is 24.3. The molecular formula is C33H43N5O2. The minimum Gasteiger partial charge on any atom is -0.317 e. The van der Waals surface area contributed by atoms with Crippen LogP contribution in [0.2, 0.25) is 0 Å². The van der Waals surface area contributed by atoms with E-state index in [4.69, 9.17) is 5.10 Å². The lowest BCUT2D eigenvalue weighted by molar-refractivity contribution is -0.125. The Balaban J connectivity index is 1.32. The summed E-state index contributed by atoms with van der Waals surface area (Å²) in [6.07, 6.45) is 6.42. The van der Waals surface area contributed by atoms with Gasteiger partial charge in [0.2, 0.25) is 0 Å². The van der Waals surface area contributed by atoms with Crippen LogP contribution in [-0.4, -0.2) is 34.7 Å². The maximum atomic E-state index is 13.6. The van der Waals surface area contributed by atoms with E-state index >= 15 is 0 Å². The van der Waals surface area contributed by atoms with Gasteiger partial charge >= 0.3 is 6.03 Å². The van der Waals surface area contributed by atoms with E-state index in [1.54, 1.807) is 4.68 Å². The number of rotatable bonds is 7. The number of ketones is 1. The van der Waals surface area contributed by atoms with Crippen molar-refractivity contribution in [3.63, 3.8) is 0 Å². The van der Waals surface area contributed by atoms with Gasteiger partial charge in [-0.25, -0.2) is 9.48 Å². The molecule has 2 heterocycles. The first-order valence-corrected chi connectivity index (χ1v) is 14.8. The maximum absolute atomic E-state index is 13.6. The van der Waals surface area contributed by atoms with Crippen molar-refractivity contribution in [3.05, 3.63) is 71.4 Å². The van der Waals surface area contributed by atoms with Gasteiger partial charge < -0.3 is 10.6 Å². The zero-order chi connectivity index (χ0) is 28.3. The van der Waals surface area contributed by atoms with Crippen LogP contribution in [0.1, 0.15) is 82.0 Å². The monoisotopic (exact) mass is 541 g/mol. The molecule has 1 aromatic heterocycles. The number of urea groups is 1. The SMILES string of the molecule is Cc1ccc(-n2nc(C(C)(C)C)cc2NC(=O)Nc2ccc(C(C(=O)C3CCCC3)C3CCNCC3)cc2)cc1. The third kappa shape index (κ3) is 6.47. The number of nitrogens with one attached hydrogen (secondary N) is 3. The number of carbonyl (C=O) groups is 2. The van der Waals surface area contributed by atoms with Crippen molar-refractivity contribution in [1.29, 1.82) is 0 Å².